The summed E-state index contributed by atoms with van der Waals surface area (Å²) in [6.07, 6.45) is 3.38. The number of anilines is 1. The van der Waals surface area contributed by atoms with Crippen molar-refractivity contribution >= 4 is 17.6 Å². The molecule has 1 heterocycles. The van der Waals surface area contributed by atoms with Crippen molar-refractivity contribution in [3.05, 3.63) is 59.9 Å². The van der Waals surface area contributed by atoms with E-state index >= 15 is 0 Å². The van der Waals surface area contributed by atoms with Crippen molar-refractivity contribution in [1.82, 2.24) is 10.3 Å². The molecule has 0 unspecified atom stereocenters. The quantitative estimate of drug-likeness (QED) is 0.534. The van der Waals surface area contributed by atoms with Gasteiger partial charge in [-0.1, -0.05) is 18.2 Å². The summed E-state index contributed by atoms with van der Waals surface area (Å²) < 4.78 is 0. The van der Waals surface area contributed by atoms with Crippen LogP contribution in [0.3, 0.4) is 0 Å². The zero-order chi connectivity index (χ0) is 17.2. The van der Waals surface area contributed by atoms with Crippen LogP contribution in [0.4, 0.5) is 5.69 Å². The number of carbonyl (C=O) groups is 1. The molecule has 0 aliphatic heterocycles. The summed E-state index contributed by atoms with van der Waals surface area (Å²) in [5, 5.41) is 5.85. The van der Waals surface area contributed by atoms with E-state index < -0.39 is 0 Å². The second kappa shape index (κ2) is 9.29. The molecule has 4 N–H and O–H groups in total. The first-order valence-corrected chi connectivity index (χ1v) is 7.94. The monoisotopic (exact) mass is 325 g/mol. The standard InChI is InChI=1S/C18H23N5O/c1-14(24)23-17-7-5-15(6-8-17)9-12-21-18(19)22-13-10-16-4-2-3-11-20-16/h2-8,11H,9-10,12-13H2,1H3,(H,23,24)(H3,19,21,22). The van der Waals surface area contributed by atoms with Gasteiger partial charge in [-0.3, -0.25) is 14.8 Å². The largest absolute Gasteiger partial charge is 0.370 e. The first kappa shape index (κ1) is 17.5. The van der Waals surface area contributed by atoms with E-state index in [0.29, 0.717) is 19.0 Å². The van der Waals surface area contributed by atoms with Crippen LogP contribution >= 0.6 is 0 Å². The molecule has 0 saturated carbocycles. The highest BCUT2D eigenvalue weighted by atomic mass is 16.1. The van der Waals surface area contributed by atoms with Gasteiger partial charge in [-0.15, -0.1) is 0 Å². The Balaban J connectivity index is 1.69. The summed E-state index contributed by atoms with van der Waals surface area (Å²) in [6, 6.07) is 13.6. The number of hydrogen-bond donors (Lipinski definition) is 3. The van der Waals surface area contributed by atoms with Gasteiger partial charge in [0.2, 0.25) is 5.91 Å². The maximum atomic E-state index is 11.0. The number of pyridine rings is 1. The van der Waals surface area contributed by atoms with E-state index in [4.69, 9.17) is 5.73 Å². The maximum Gasteiger partial charge on any atom is 0.221 e. The normalized spacial score (nSPS) is 11.1. The molecule has 0 saturated heterocycles. The van der Waals surface area contributed by atoms with Crippen LogP contribution < -0.4 is 16.4 Å². The average molecular weight is 325 g/mol. The van der Waals surface area contributed by atoms with E-state index in [-0.39, 0.29) is 5.91 Å². The van der Waals surface area contributed by atoms with Crippen LogP contribution in [-0.2, 0) is 17.6 Å². The van der Waals surface area contributed by atoms with Gasteiger partial charge in [0.05, 0.1) is 0 Å². The lowest BCUT2D eigenvalue weighted by Crippen LogP contribution is -2.33. The molecule has 2 rings (SSSR count). The smallest absolute Gasteiger partial charge is 0.221 e. The van der Waals surface area contributed by atoms with Gasteiger partial charge in [0.1, 0.15) is 0 Å². The van der Waals surface area contributed by atoms with Gasteiger partial charge in [-0.05, 0) is 36.2 Å². The van der Waals surface area contributed by atoms with Crippen molar-refractivity contribution in [3.63, 3.8) is 0 Å². The van der Waals surface area contributed by atoms with Crippen molar-refractivity contribution in [2.24, 2.45) is 10.7 Å². The van der Waals surface area contributed by atoms with Gasteiger partial charge in [0.15, 0.2) is 5.96 Å². The summed E-state index contributed by atoms with van der Waals surface area (Å²) in [5.41, 5.74) is 8.83. The number of carbonyl (C=O) groups excluding carboxylic acids is 1. The van der Waals surface area contributed by atoms with Crippen LogP contribution in [0.1, 0.15) is 18.2 Å². The molecule has 0 aliphatic rings. The second-order valence-corrected chi connectivity index (χ2v) is 5.39. The Morgan fingerprint density at radius 3 is 2.62 bits per heavy atom. The highest BCUT2D eigenvalue weighted by molar-refractivity contribution is 5.88. The number of rotatable bonds is 7. The third-order valence-corrected chi connectivity index (χ3v) is 3.37. The Labute approximate surface area is 142 Å². The van der Waals surface area contributed by atoms with E-state index in [1.807, 2.05) is 42.5 Å². The van der Waals surface area contributed by atoms with E-state index in [2.05, 4.69) is 20.6 Å². The van der Waals surface area contributed by atoms with Crippen molar-refractivity contribution in [2.45, 2.75) is 19.8 Å². The fourth-order valence-corrected chi connectivity index (χ4v) is 2.19. The molecule has 6 nitrogen and oxygen atoms in total. The number of hydrogen-bond acceptors (Lipinski definition) is 3. The first-order valence-electron chi connectivity index (χ1n) is 7.94. The molecule has 6 heteroatoms. The number of amides is 1. The molecule has 0 bridgehead atoms. The Hall–Kier alpha value is -2.89. The molecule has 24 heavy (non-hydrogen) atoms. The molecule has 2 aromatic rings. The van der Waals surface area contributed by atoms with Gasteiger partial charge < -0.3 is 16.4 Å². The number of aromatic nitrogens is 1. The SMILES string of the molecule is CC(=O)Nc1ccc(CCNC(N)=NCCc2ccccn2)cc1. The third-order valence-electron chi connectivity index (χ3n) is 3.37. The minimum Gasteiger partial charge on any atom is -0.370 e. The van der Waals surface area contributed by atoms with Crippen LogP contribution in [0, 0.1) is 0 Å². The number of guanidine groups is 1. The summed E-state index contributed by atoms with van der Waals surface area (Å²) in [6.45, 7) is 2.81. The highest BCUT2D eigenvalue weighted by Crippen LogP contribution is 2.09. The van der Waals surface area contributed by atoms with Crippen molar-refractivity contribution in [3.8, 4) is 0 Å². The zero-order valence-corrected chi connectivity index (χ0v) is 13.8. The Bertz CT molecular complexity index is 668. The van der Waals surface area contributed by atoms with Crippen molar-refractivity contribution < 1.29 is 4.79 Å². The van der Waals surface area contributed by atoms with Crippen LogP contribution in [-0.4, -0.2) is 29.9 Å². The summed E-state index contributed by atoms with van der Waals surface area (Å²) >= 11 is 0. The highest BCUT2D eigenvalue weighted by Gasteiger charge is 1.98. The molecule has 0 atom stereocenters. The van der Waals surface area contributed by atoms with E-state index in [1.54, 1.807) is 6.20 Å². The fraction of sp³-hybridized carbons (Fsp3) is 0.278. The van der Waals surface area contributed by atoms with Crippen LogP contribution in [0.5, 0.6) is 0 Å². The van der Waals surface area contributed by atoms with E-state index in [0.717, 1.165) is 29.8 Å². The van der Waals surface area contributed by atoms with Gasteiger partial charge in [-0.25, -0.2) is 0 Å². The predicted octanol–water partition coefficient (Wildman–Crippen LogP) is 1.73. The molecule has 126 valence electrons. The molecule has 0 spiro atoms. The number of nitrogens with one attached hydrogen (secondary N) is 2. The lowest BCUT2D eigenvalue weighted by atomic mass is 10.1. The molecule has 1 aromatic carbocycles. The van der Waals surface area contributed by atoms with Crippen molar-refractivity contribution in [1.29, 1.82) is 0 Å². The molecule has 0 radical (unpaired) electrons. The molecule has 1 aromatic heterocycles. The van der Waals surface area contributed by atoms with Gasteiger partial charge in [0.25, 0.3) is 0 Å². The fourth-order valence-electron chi connectivity index (χ4n) is 2.19. The Kier molecular flexibility index (Phi) is 6.76. The van der Waals surface area contributed by atoms with Gasteiger partial charge in [0, 0.05) is 44.0 Å². The molecule has 1 amide bonds. The molecular formula is C18H23N5O. The number of benzene rings is 1. The van der Waals surface area contributed by atoms with Gasteiger partial charge in [-0.2, -0.15) is 0 Å². The average Bonchev–Trinajstić information content (AvgIpc) is 2.57. The lowest BCUT2D eigenvalue weighted by molar-refractivity contribution is -0.114. The molecule has 0 fully saturated rings. The van der Waals surface area contributed by atoms with E-state index in [1.165, 1.54) is 6.92 Å². The van der Waals surface area contributed by atoms with Crippen LogP contribution in [0.25, 0.3) is 0 Å². The number of aliphatic imine (C=N–C) groups is 1. The zero-order valence-electron chi connectivity index (χ0n) is 13.8. The third kappa shape index (κ3) is 6.48. The van der Waals surface area contributed by atoms with Crippen LogP contribution in [0.15, 0.2) is 53.7 Å². The molecule has 0 aliphatic carbocycles. The van der Waals surface area contributed by atoms with Crippen molar-refractivity contribution in [2.75, 3.05) is 18.4 Å². The lowest BCUT2D eigenvalue weighted by Gasteiger charge is -2.07. The minimum absolute atomic E-state index is 0.0703. The predicted molar refractivity (Wildman–Crippen MR) is 96.9 cm³/mol. The maximum absolute atomic E-state index is 11.0. The summed E-state index contributed by atoms with van der Waals surface area (Å²) in [5.74, 6) is 0.375. The van der Waals surface area contributed by atoms with E-state index in [9.17, 15) is 4.79 Å². The first-order chi connectivity index (χ1) is 11.6. The summed E-state index contributed by atoms with van der Waals surface area (Å²) in [4.78, 5) is 19.5. The minimum atomic E-state index is -0.0703. The number of nitrogens with zero attached hydrogens (tertiary/aromatic N) is 2. The van der Waals surface area contributed by atoms with Crippen LogP contribution in [0.2, 0.25) is 0 Å². The Morgan fingerprint density at radius 1 is 1.17 bits per heavy atom. The van der Waals surface area contributed by atoms with Gasteiger partial charge >= 0.3 is 0 Å². The number of nitrogens with two attached hydrogens (primary N) is 1. The second-order valence-electron chi connectivity index (χ2n) is 5.39. The summed E-state index contributed by atoms with van der Waals surface area (Å²) in [7, 11) is 0. The molecular weight excluding hydrogens is 302 g/mol. The topological polar surface area (TPSA) is 92.4 Å². The Morgan fingerprint density at radius 2 is 1.96 bits per heavy atom.